The number of rotatable bonds is 3. The number of benzene rings is 1. The van der Waals surface area contributed by atoms with Gasteiger partial charge in [0, 0.05) is 6.92 Å². The number of hydrogen-bond acceptors (Lipinski definition) is 3. The minimum Gasteiger partial charge on any atom is -0.460 e. The van der Waals surface area contributed by atoms with Crippen molar-refractivity contribution in [1.82, 2.24) is 0 Å². The largest absolute Gasteiger partial charge is 0.460 e. The Labute approximate surface area is 145 Å². The SMILES string of the molecule is CC(=O)OC1CCC(C2(c3ccccc3C)CCCCC2)CC1O. The van der Waals surface area contributed by atoms with Gasteiger partial charge in [0.05, 0.1) is 6.10 Å². The van der Waals surface area contributed by atoms with Crippen molar-refractivity contribution in [3.8, 4) is 0 Å². The predicted octanol–water partition coefficient (Wildman–Crippen LogP) is 4.29. The maximum Gasteiger partial charge on any atom is 0.302 e. The fourth-order valence-corrected chi connectivity index (χ4v) is 5.18. The van der Waals surface area contributed by atoms with Gasteiger partial charge in [0.25, 0.3) is 0 Å². The van der Waals surface area contributed by atoms with Gasteiger partial charge in [-0.2, -0.15) is 0 Å². The molecule has 24 heavy (non-hydrogen) atoms. The highest BCUT2D eigenvalue weighted by Crippen LogP contribution is 2.51. The van der Waals surface area contributed by atoms with Gasteiger partial charge in [-0.15, -0.1) is 0 Å². The lowest BCUT2D eigenvalue weighted by Crippen LogP contribution is -2.46. The molecule has 0 amide bonds. The quantitative estimate of drug-likeness (QED) is 0.841. The summed E-state index contributed by atoms with van der Waals surface area (Å²) in [6.45, 7) is 3.64. The van der Waals surface area contributed by atoms with Crippen molar-refractivity contribution in [2.45, 2.75) is 82.8 Å². The van der Waals surface area contributed by atoms with E-state index in [9.17, 15) is 9.90 Å². The molecule has 3 heteroatoms. The third-order valence-electron chi connectivity index (χ3n) is 6.28. The molecule has 2 aliphatic carbocycles. The highest BCUT2D eigenvalue weighted by atomic mass is 16.6. The number of carbonyl (C=O) groups is 1. The molecule has 3 unspecified atom stereocenters. The van der Waals surface area contributed by atoms with E-state index in [1.165, 1.54) is 50.2 Å². The van der Waals surface area contributed by atoms with Crippen LogP contribution in [0.15, 0.2) is 24.3 Å². The van der Waals surface area contributed by atoms with Crippen LogP contribution < -0.4 is 0 Å². The van der Waals surface area contributed by atoms with Crippen molar-refractivity contribution in [3.05, 3.63) is 35.4 Å². The topological polar surface area (TPSA) is 46.5 Å². The predicted molar refractivity (Wildman–Crippen MR) is 94.8 cm³/mol. The van der Waals surface area contributed by atoms with Crippen LogP contribution in [0.25, 0.3) is 0 Å². The molecule has 1 aromatic carbocycles. The van der Waals surface area contributed by atoms with Crippen molar-refractivity contribution < 1.29 is 14.6 Å². The van der Waals surface area contributed by atoms with Gasteiger partial charge in [0.15, 0.2) is 0 Å². The van der Waals surface area contributed by atoms with Gasteiger partial charge < -0.3 is 9.84 Å². The third-order valence-corrected chi connectivity index (χ3v) is 6.28. The second kappa shape index (κ2) is 7.26. The smallest absolute Gasteiger partial charge is 0.302 e. The third kappa shape index (κ3) is 3.37. The zero-order valence-corrected chi connectivity index (χ0v) is 15.0. The van der Waals surface area contributed by atoms with E-state index in [1.54, 1.807) is 0 Å². The number of carbonyl (C=O) groups excluding carboxylic acids is 1. The molecule has 3 atom stereocenters. The molecule has 0 saturated heterocycles. The number of hydrogen-bond donors (Lipinski definition) is 1. The van der Waals surface area contributed by atoms with E-state index in [-0.39, 0.29) is 17.5 Å². The Bertz CT molecular complexity index is 574. The molecule has 0 bridgehead atoms. The molecule has 132 valence electrons. The van der Waals surface area contributed by atoms with Gasteiger partial charge in [0.2, 0.25) is 0 Å². The molecule has 3 nitrogen and oxygen atoms in total. The highest BCUT2D eigenvalue weighted by molar-refractivity contribution is 5.66. The molecule has 3 rings (SSSR count). The molecule has 0 aliphatic heterocycles. The van der Waals surface area contributed by atoms with E-state index in [2.05, 4.69) is 31.2 Å². The molecule has 1 N–H and O–H groups in total. The minimum atomic E-state index is -0.532. The maximum absolute atomic E-state index is 11.2. The number of aliphatic hydroxyl groups is 1. The first-order valence-electron chi connectivity index (χ1n) is 9.44. The first-order chi connectivity index (χ1) is 11.5. The van der Waals surface area contributed by atoms with E-state index < -0.39 is 6.10 Å². The van der Waals surface area contributed by atoms with Gasteiger partial charge in [-0.3, -0.25) is 4.79 Å². The molecule has 2 saturated carbocycles. The maximum atomic E-state index is 11.2. The lowest BCUT2D eigenvalue weighted by atomic mass is 9.57. The first kappa shape index (κ1) is 17.5. The molecule has 0 radical (unpaired) electrons. The summed E-state index contributed by atoms with van der Waals surface area (Å²) >= 11 is 0. The Kier molecular flexibility index (Phi) is 5.29. The van der Waals surface area contributed by atoms with Crippen LogP contribution in [0.3, 0.4) is 0 Å². The van der Waals surface area contributed by atoms with Crippen LogP contribution in [0.1, 0.15) is 69.4 Å². The molecule has 0 spiro atoms. The van der Waals surface area contributed by atoms with Gasteiger partial charge in [-0.05, 0) is 61.5 Å². The van der Waals surface area contributed by atoms with Crippen LogP contribution in [0.5, 0.6) is 0 Å². The van der Waals surface area contributed by atoms with Gasteiger partial charge in [0.1, 0.15) is 6.10 Å². The summed E-state index contributed by atoms with van der Waals surface area (Å²) in [5, 5.41) is 10.6. The fraction of sp³-hybridized carbons (Fsp3) is 0.667. The number of aliphatic hydroxyl groups excluding tert-OH is 1. The average molecular weight is 330 g/mol. The van der Waals surface area contributed by atoms with Crippen LogP contribution in [-0.2, 0) is 14.9 Å². The summed E-state index contributed by atoms with van der Waals surface area (Å²) in [6.07, 6.45) is 7.99. The zero-order chi connectivity index (χ0) is 17.2. The normalized spacial score (nSPS) is 29.9. The summed E-state index contributed by atoms with van der Waals surface area (Å²) in [6, 6.07) is 8.78. The summed E-state index contributed by atoms with van der Waals surface area (Å²) in [5.41, 5.74) is 3.04. The lowest BCUT2D eigenvalue weighted by Gasteiger charge is -2.48. The Morgan fingerprint density at radius 3 is 2.50 bits per heavy atom. The number of esters is 1. The summed E-state index contributed by atoms with van der Waals surface area (Å²) in [5.74, 6) is 0.185. The van der Waals surface area contributed by atoms with Gasteiger partial charge in [-0.1, -0.05) is 43.5 Å². The van der Waals surface area contributed by atoms with Crippen molar-refractivity contribution in [2.75, 3.05) is 0 Å². The van der Waals surface area contributed by atoms with Gasteiger partial charge >= 0.3 is 5.97 Å². The van der Waals surface area contributed by atoms with Crippen molar-refractivity contribution in [1.29, 1.82) is 0 Å². The fourth-order valence-electron chi connectivity index (χ4n) is 5.18. The molecule has 1 aromatic rings. The van der Waals surface area contributed by atoms with E-state index in [4.69, 9.17) is 4.74 Å². The van der Waals surface area contributed by atoms with Crippen LogP contribution in [0.2, 0.25) is 0 Å². The monoisotopic (exact) mass is 330 g/mol. The second-order valence-corrected chi connectivity index (χ2v) is 7.76. The summed E-state index contributed by atoms with van der Waals surface area (Å²) < 4.78 is 5.31. The van der Waals surface area contributed by atoms with Crippen LogP contribution in [0, 0.1) is 12.8 Å². The molecule has 2 aliphatic rings. The standard InChI is InChI=1S/C21H30O3/c1-15-8-4-5-9-18(15)21(12-6-3-7-13-21)17-10-11-20(19(23)14-17)24-16(2)22/h4-5,8-9,17,19-20,23H,3,6-7,10-14H2,1-2H3. The van der Waals surface area contributed by atoms with E-state index in [0.29, 0.717) is 5.92 Å². The van der Waals surface area contributed by atoms with E-state index in [1.807, 2.05) is 0 Å². The van der Waals surface area contributed by atoms with Crippen LogP contribution in [0.4, 0.5) is 0 Å². The van der Waals surface area contributed by atoms with E-state index >= 15 is 0 Å². The lowest BCUT2D eigenvalue weighted by molar-refractivity contribution is -0.157. The highest BCUT2D eigenvalue weighted by Gasteiger charge is 2.45. The molecule has 0 aromatic heterocycles. The minimum absolute atomic E-state index is 0.186. The van der Waals surface area contributed by atoms with Crippen LogP contribution >= 0.6 is 0 Å². The Balaban J connectivity index is 1.86. The Morgan fingerprint density at radius 1 is 1.17 bits per heavy atom. The molecular formula is C21H30O3. The molecule has 2 fully saturated rings. The molecular weight excluding hydrogens is 300 g/mol. The Morgan fingerprint density at radius 2 is 1.88 bits per heavy atom. The number of ether oxygens (including phenoxy) is 1. The first-order valence-corrected chi connectivity index (χ1v) is 9.44. The van der Waals surface area contributed by atoms with Crippen molar-refractivity contribution >= 4 is 5.97 Å². The summed E-state index contributed by atoms with van der Waals surface area (Å²) in [4.78, 5) is 11.2. The Hall–Kier alpha value is -1.35. The van der Waals surface area contributed by atoms with Crippen molar-refractivity contribution in [3.63, 3.8) is 0 Å². The number of aryl methyl sites for hydroxylation is 1. The molecule has 0 heterocycles. The summed E-state index contributed by atoms with van der Waals surface area (Å²) in [7, 11) is 0. The van der Waals surface area contributed by atoms with Crippen LogP contribution in [-0.4, -0.2) is 23.3 Å². The van der Waals surface area contributed by atoms with E-state index in [0.717, 1.165) is 19.3 Å². The van der Waals surface area contributed by atoms with Gasteiger partial charge in [-0.25, -0.2) is 0 Å². The zero-order valence-electron chi connectivity index (χ0n) is 15.0. The second-order valence-electron chi connectivity index (χ2n) is 7.76. The van der Waals surface area contributed by atoms with Crippen molar-refractivity contribution in [2.24, 2.45) is 5.92 Å². The average Bonchev–Trinajstić information content (AvgIpc) is 2.57.